The minimum Gasteiger partial charge on any atom is -0.382 e. The van der Waals surface area contributed by atoms with Crippen LogP contribution in [0.4, 0.5) is 0 Å². The van der Waals surface area contributed by atoms with Crippen molar-refractivity contribution < 1.29 is 4.74 Å². The van der Waals surface area contributed by atoms with Crippen molar-refractivity contribution in [2.45, 2.75) is 66.0 Å². The number of hydrogen-bond donors (Lipinski definition) is 1. The van der Waals surface area contributed by atoms with E-state index < -0.39 is 0 Å². The number of methoxy groups -OCH3 is 1. The van der Waals surface area contributed by atoms with Crippen molar-refractivity contribution in [1.82, 2.24) is 5.32 Å². The van der Waals surface area contributed by atoms with Crippen molar-refractivity contribution in [2.24, 2.45) is 0 Å². The second-order valence-electron chi connectivity index (χ2n) is 6.01. The molecule has 0 spiro atoms. The van der Waals surface area contributed by atoms with Crippen LogP contribution in [0.5, 0.6) is 0 Å². The van der Waals surface area contributed by atoms with Crippen LogP contribution in [0.15, 0.2) is 12.1 Å². The minimum absolute atomic E-state index is 0.301. The molecule has 0 aliphatic heterocycles. The van der Waals surface area contributed by atoms with E-state index in [0.717, 1.165) is 19.4 Å². The molecule has 2 atom stereocenters. The van der Waals surface area contributed by atoms with Gasteiger partial charge in [-0.25, -0.2) is 0 Å². The monoisotopic (exact) mass is 277 g/mol. The van der Waals surface area contributed by atoms with Crippen molar-refractivity contribution in [2.75, 3.05) is 13.7 Å². The number of aryl methyl sites for hydroxylation is 3. The van der Waals surface area contributed by atoms with Crippen LogP contribution in [0.25, 0.3) is 0 Å². The molecule has 1 aromatic carbocycles. The summed E-state index contributed by atoms with van der Waals surface area (Å²) in [6.07, 6.45) is 3.62. The van der Waals surface area contributed by atoms with Gasteiger partial charge in [-0.15, -0.1) is 0 Å². The van der Waals surface area contributed by atoms with Gasteiger partial charge >= 0.3 is 0 Å². The van der Waals surface area contributed by atoms with E-state index in [2.05, 4.69) is 52.1 Å². The third-order valence-corrected chi connectivity index (χ3v) is 3.99. The molecule has 1 rings (SSSR count). The van der Waals surface area contributed by atoms with Gasteiger partial charge in [-0.05, 0) is 70.2 Å². The third-order valence-electron chi connectivity index (χ3n) is 3.99. The van der Waals surface area contributed by atoms with Gasteiger partial charge in [0.25, 0.3) is 0 Å². The highest BCUT2D eigenvalue weighted by Crippen LogP contribution is 2.19. The summed E-state index contributed by atoms with van der Waals surface area (Å²) >= 11 is 0. The summed E-state index contributed by atoms with van der Waals surface area (Å²) in [7, 11) is 1.80. The average Bonchev–Trinajstić information content (AvgIpc) is 2.39. The molecule has 0 aromatic heterocycles. The summed E-state index contributed by atoms with van der Waals surface area (Å²) in [5.41, 5.74) is 5.67. The predicted molar refractivity (Wildman–Crippen MR) is 87.5 cm³/mol. The van der Waals surface area contributed by atoms with Gasteiger partial charge in [0.15, 0.2) is 0 Å². The van der Waals surface area contributed by atoms with Crippen LogP contribution < -0.4 is 5.32 Å². The van der Waals surface area contributed by atoms with Gasteiger partial charge in [0.2, 0.25) is 0 Å². The molecule has 2 unspecified atom stereocenters. The molecule has 1 aromatic rings. The Morgan fingerprint density at radius 2 is 1.75 bits per heavy atom. The Hall–Kier alpha value is -0.860. The number of hydrogen-bond acceptors (Lipinski definition) is 2. The van der Waals surface area contributed by atoms with E-state index in [4.69, 9.17) is 4.74 Å². The molecule has 2 heteroatoms. The van der Waals surface area contributed by atoms with Gasteiger partial charge in [0, 0.05) is 13.2 Å². The van der Waals surface area contributed by atoms with Gasteiger partial charge in [-0.2, -0.15) is 0 Å². The van der Waals surface area contributed by atoms with Gasteiger partial charge < -0.3 is 10.1 Å². The molecule has 0 bridgehead atoms. The van der Waals surface area contributed by atoms with Gasteiger partial charge in [-0.1, -0.05) is 24.6 Å². The first-order valence-corrected chi connectivity index (χ1v) is 7.80. The van der Waals surface area contributed by atoms with Crippen molar-refractivity contribution in [3.05, 3.63) is 34.4 Å². The van der Waals surface area contributed by atoms with Crippen molar-refractivity contribution in [3.8, 4) is 0 Å². The maximum atomic E-state index is 5.44. The van der Waals surface area contributed by atoms with Crippen molar-refractivity contribution in [3.63, 3.8) is 0 Å². The molecule has 2 nitrogen and oxygen atoms in total. The molecule has 0 aliphatic carbocycles. The molecule has 0 aliphatic rings. The molecule has 1 N–H and O–H groups in total. The quantitative estimate of drug-likeness (QED) is 0.777. The zero-order valence-electron chi connectivity index (χ0n) is 14.0. The van der Waals surface area contributed by atoms with E-state index >= 15 is 0 Å². The summed E-state index contributed by atoms with van der Waals surface area (Å²) in [5, 5.41) is 3.67. The van der Waals surface area contributed by atoms with E-state index in [9.17, 15) is 0 Å². The first-order valence-electron chi connectivity index (χ1n) is 7.80. The second kappa shape index (κ2) is 8.43. The largest absolute Gasteiger partial charge is 0.382 e. The van der Waals surface area contributed by atoms with Crippen LogP contribution in [-0.2, 0) is 11.2 Å². The molecule has 114 valence electrons. The number of ether oxygens (including phenoxy) is 1. The van der Waals surface area contributed by atoms with E-state index in [-0.39, 0.29) is 0 Å². The van der Waals surface area contributed by atoms with Crippen LogP contribution in [0.3, 0.4) is 0 Å². The standard InChI is InChI=1S/C18H31NO/c1-7-8-19-17(11-16(5)20-6)12-18-14(3)9-13(2)10-15(18)4/h9-10,16-17,19H,7-8,11-12H2,1-6H3. The Morgan fingerprint density at radius 1 is 1.15 bits per heavy atom. The molecular weight excluding hydrogens is 246 g/mol. The van der Waals surface area contributed by atoms with E-state index in [0.29, 0.717) is 12.1 Å². The van der Waals surface area contributed by atoms with Crippen LogP contribution >= 0.6 is 0 Å². The predicted octanol–water partition coefficient (Wildman–Crippen LogP) is 3.95. The topological polar surface area (TPSA) is 21.3 Å². The molecule has 0 saturated heterocycles. The Labute approximate surface area is 124 Å². The van der Waals surface area contributed by atoms with Crippen LogP contribution in [0.2, 0.25) is 0 Å². The maximum Gasteiger partial charge on any atom is 0.0558 e. The van der Waals surface area contributed by atoms with Crippen LogP contribution in [-0.4, -0.2) is 25.8 Å². The summed E-state index contributed by atoms with van der Waals surface area (Å²) in [6.45, 7) is 12.1. The Kier molecular flexibility index (Phi) is 7.25. The smallest absolute Gasteiger partial charge is 0.0558 e. The third kappa shape index (κ3) is 5.26. The lowest BCUT2D eigenvalue weighted by Gasteiger charge is -2.23. The molecule has 0 heterocycles. The minimum atomic E-state index is 0.301. The SMILES string of the molecule is CCCNC(Cc1c(C)cc(C)cc1C)CC(C)OC. The number of nitrogens with one attached hydrogen (secondary N) is 1. The van der Waals surface area contributed by atoms with E-state index in [1.165, 1.54) is 28.7 Å². The van der Waals surface area contributed by atoms with Crippen LogP contribution in [0.1, 0.15) is 48.9 Å². The molecule has 0 radical (unpaired) electrons. The molecule has 0 amide bonds. The Balaban J connectivity index is 2.83. The van der Waals surface area contributed by atoms with E-state index in [1.807, 2.05) is 0 Å². The lowest BCUT2D eigenvalue weighted by molar-refractivity contribution is 0.100. The van der Waals surface area contributed by atoms with Gasteiger partial charge in [0.1, 0.15) is 0 Å². The normalized spacial score (nSPS) is 14.3. The molecule has 20 heavy (non-hydrogen) atoms. The zero-order valence-corrected chi connectivity index (χ0v) is 14.0. The highest BCUT2D eigenvalue weighted by Gasteiger charge is 2.15. The fraction of sp³-hybridized carbons (Fsp3) is 0.667. The van der Waals surface area contributed by atoms with Crippen molar-refractivity contribution in [1.29, 1.82) is 0 Å². The second-order valence-corrected chi connectivity index (χ2v) is 6.01. The maximum absolute atomic E-state index is 5.44. The number of benzene rings is 1. The number of rotatable bonds is 8. The summed E-state index contributed by atoms with van der Waals surface area (Å²) in [4.78, 5) is 0. The fourth-order valence-electron chi connectivity index (χ4n) is 2.86. The highest BCUT2D eigenvalue weighted by molar-refractivity contribution is 5.38. The molecule has 0 saturated carbocycles. The summed E-state index contributed by atoms with van der Waals surface area (Å²) in [5.74, 6) is 0. The van der Waals surface area contributed by atoms with Crippen LogP contribution in [0, 0.1) is 20.8 Å². The Bertz CT molecular complexity index is 391. The summed E-state index contributed by atoms with van der Waals surface area (Å²) in [6, 6.07) is 5.07. The van der Waals surface area contributed by atoms with Crippen molar-refractivity contribution >= 4 is 0 Å². The molecular formula is C18H31NO. The first kappa shape index (κ1) is 17.2. The van der Waals surface area contributed by atoms with Gasteiger partial charge in [0.05, 0.1) is 6.10 Å². The average molecular weight is 277 g/mol. The fourth-order valence-corrected chi connectivity index (χ4v) is 2.86. The lowest BCUT2D eigenvalue weighted by atomic mass is 9.92. The zero-order chi connectivity index (χ0) is 15.1. The Morgan fingerprint density at radius 3 is 2.25 bits per heavy atom. The summed E-state index contributed by atoms with van der Waals surface area (Å²) < 4.78 is 5.44. The van der Waals surface area contributed by atoms with Gasteiger partial charge in [-0.3, -0.25) is 0 Å². The lowest BCUT2D eigenvalue weighted by Crippen LogP contribution is -2.35. The first-order chi connectivity index (χ1) is 9.47. The van der Waals surface area contributed by atoms with E-state index in [1.54, 1.807) is 7.11 Å². The molecule has 0 fully saturated rings. The highest BCUT2D eigenvalue weighted by atomic mass is 16.5.